The van der Waals surface area contributed by atoms with Gasteiger partial charge in [-0.3, -0.25) is 0 Å². The SMILES string of the molecule is CCNC(=NCc1cc2ccccc2o1)N(C)CCC1CCOCC1.I. The van der Waals surface area contributed by atoms with Gasteiger partial charge in [-0.15, -0.1) is 24.0 Å². The molecule has 1 aromatic heterocycles. The number of furan rings is 1. The van der Waals surface area contributed by atoms with Crippen molar-refractivity contribution in [2.45, 2.75) is 32.7 Å². The number of halogens is 1. The van der Waals surface area contributed by atoms with Crippen molar-refractivity contribution in [3.63, 3.8) is 0 Å². The lowest BCUT2D eigenvalue weighted by atomic mass is 9.96. The fourth-order valence-corrected chi connectivity index (χ4v) is 3.25. The van der Waals surface area contributed by atoms with Crippen LogP contribution in [0, 0.1) is 5.92 Å². The molecule has 1 N–H and O–H groups in total. The maximum Gasteiger partial charge on any atom is 0.194 e. The van der Waals surface area contributed by atoms with Gasteiger partial charge in [-0.1, -0.05) is 18.2 Å². The normalized spacial score (nSPS) is 15.7. The smallest absolute Gasteiger partial charge is 0.194 e. The van der Waals surface area contributed by atoms with Crippen LogP contribution in [0.25, 0.3) is 11.0 Å². The van der Waals surface area contributed by atoms with Crippen molar-refractivity contribution in [1.29, 1.82) is 0 Å². The Morgan fingerprint density at radius 3 is 2.77 bits per heavy atom. The maximum atomic E-state index is 5.86. The second-order valence-corrected chi connectivity index (χ2v) is 6.69. The average molecular weight is 471 g/mol. The summed E-state index contributed by atoms with van der Waals surface area (Å²) in [7, 11) is 2.11. The molecule has 1 aliphatic rings. The predicted molar refractivity (Wildman–Crippen MR) is 117 cm³/mol. The molecule has 1 aromatic carbocycles. The topological polar surface area (TPSA) is 50.0 Å². The number of hydrogen-bond acceptors (Lipinski definition) is 3. The third-order valence-electron chi connectivity index (χ3n) is 4.77. The van der Waals surface area contributed by atoms with E-state index in [0.717, 1.165) is 54.9 Å². The first-order chi connectivity index (χ1) is 12.3. The van der Waals surface area contributed by atoms with E-state index in [1.807, 2.05) is 18.2 Å². The lowest BCUT2D eigenvalue weighted by molar-refractivity contribution is 0.0625. The highest BCUT2D eigenvalue weighted by molar-refractivity contribution is 14.0. The van der Waals surface area contributed by atoms with Gasteiger partial charge in [0.1, 0.15) is 17.9 Å². The van der Waals surface area contributed by atoms with Crippen molar-refractivity contribution < 1.29 is 9.15 Å². The van der Waals surface area contributed by atoms with E-state index < -0.39 is 0 Å². The van der Waals surface area contributed by atoms with E-state index in [1.165, 1.54) is 19.3 Å². The van der Waals surface area contributed by atoms with Gasteiger partial charge < -0.3 is 19.4 Å². The van der Waals surface area contributed by atoms with E-state index in [0.29, 0.717) is 6.54 Å². The Bertz CT molecular complexity index is 662. The molecule has 1 saturated heterocycles. The molecule has 0 saturated carbocycles. The van der Waals surface area contributed by atoms with Crippen LogP contribution in [-0.2, 0) is 11.3 Å². The molecule has 1 fully saturated rings. The summed E-state index contributed by atoms with van der Waals surface area (Å²) in [5.74, 6) is 2.61. The minimum Gasteiger partial charge on any atom is -0.459 e. The number of hydrogen-bond donors (Lipinski definition) is 1. The van der Waals surface area contributed by atoms with Gasteiger partial charge in [-0.25, -0.2) is 4.99 Å². The molecule has 2 aromatic rings. The summed E-state index contributed by atoms with van der Waals surface area (Å²) in [5, 5.41) is 4.51. The molecule has 26 heavy (non-hydrogen) atoms. The molecular formula is C20H30IN3O2. The zero-order valence-electron chi connectivity index (χ0n) is 15.7. The Morgan fingerprint density at radius 2 is 2.04 bits per heavy atom. The van der Waals surface area contributed by atoms with Crippen LogP contribution in [0.1, 0.15) is 31.9 Å². The van der Waals surface area contributed by atoms with Gasteiger partial charge >= 0.3 is 0 Å². The van der Waals surface area contributed by atoms with Crippen LogP contribution in [0.4, 0.5) is 0 Å². The minimum absolute atomic E-state index is 0. The first kappa shape index (κ1) is 21.0. The molecule has 144 valence electrons. The molecule has 6 heteroatoms. The summed E-state index contributed by atoms with van der Waals surface area (Å²) >= 11 is 0. The van der Waals surface area contributed by atoms with Crippen molar-refractivity contribution in [2.24, 2.45) is 10.9 Å². The van der Waals surface area contributed by atoms with E-state index in [-0.39, 0.29) is 24.0 Å². The molecule has 0 amide bonds. The van der Waals surface area contributed by atoms with Crippen LogP contribution in [0.2, 0.25) is 0 Å². The number of rotatable bonds is 6. The lowest BCUT2D eigenvalue weighted by Crippen LogP contribution is -2.40. The molecule has 0 atom stereocenters. The molecule has 3 rings (SSSR count). The maximum absolute atomic E-state index is 5.86. The Balaban J connectivity index is 0.00000243. The van der Waals surface area contributed by atoms with E-state index in [1.54, 1.807) is 0 Å². The van der Waals surface area contributed by atoms with Gasteiger partial charge in [0.15, 0.2) is 5.96 Å². The van der Waals surface area contributed by atoms with Gasteiger partial charge in [0, 0.05) is 38.7 Å². The fraction of sp³-hybridized carbons (Fsp3) is 0.550. The molecule has 0 aliphatic carbocycles. The van der Waals surface area contributed by atoms with Crippen molar-refractivity contribution >= 4 is 40.9 Å². The first-order valence-corrected chi connectivity index (χ1v) is 9.31. The quantitative estimate of drug-likeness (QED) is 0.389. The summed E-state index contributed by atoms with van der Waals surface area (Å²) in [4.78, 5) is 6.98. The highest BCUT2D eigenvalue weighted by atomic mass is 127. The molecule has 5 nitrogen and oxygen atoms in total. The fourth-order valence-electron chi connectivity index (χ4n) is 3.25. The van der Waals surface area contributed by atoms with Gasteiger partial charge in [-0.2, -0.15) is 0 Å². The van der Waals surface area contributed by atoms with E-state index in [4.69, 9.17) is 14.1 Å². The van der Waals surface area contributed by atoms with E-state index in [2.05, 4.69) is 36.3 Å². The predicted octanol–water partition coefficient (Wildman–Crippen LogP) is 4.26. The first-order valence-electron chi connectivity index (χ1n) is 9.31. The third kappa shape index (κ3) is 5.87. The number of fused-ring (bicyclic) bond motifs is 1. The lowest BCUT2D eigenvalue weighted by Gasteiger charge is -2.26. The minimum atomic E-state index is 0. The second kappa shape index (κ2) is 10.8. The number of benzene rings is 1. The van der Waals surface area contributed by atoms with E-state index >= 15 is 0 Å². The molecule has 0 bridgehead atoms. The number of ether oxygens (including phenoxy) is 1. The second-order valence-electron chi connectivity index (χ2n) is 6.69. The van der Waals surface area contributed by atoms with Crippen LogP contribution in [0.5, 0.6) is 0 Å². The van der Waals surface area contributed by atoms with Crippen LogP contribution in [0.3, 0.4) is 0 Å². The number of guanidine groups is 1. The third-order valence-corrected chi connectivity index (χ3v) is 4.77. The van der Waals surface area contributed by atoms with Crippen molar-refractivity contribution in [3.05, 3.63) is 36.1 Å². The highest BCUT2D eigenvalue weighted by Crippen LogP contribution is 2.20. The number of nitrogens with one attached hydrogen (secondary N) is 1. The molecule has 0 spiro atoms. The van der Waals surface area contributed by atoms with Crippen molar-refractivity contribution in [3.8, 4) is 0 Å². The summed E-state index contributed by atoms with van der Waals surface area (Å²) in [6, 6.07) is 10.2. The molecule has 0 unspecified atom stereocenters. The largest absolute Gasteiger partial charge is 0.459 e. The van der Waals surface area contributed by atoms with Crippen LogP contribution < -0.4 is 5.32 Å². The van der Waals surface area contributed by atoms with E-state index in [9.17, 15) is 0 Å². The Kier molecular flexibility index (Phi) is 8.71. The average Bonchev–Trinajstić information content (AvgIpc) is 3.07. The summed E-state index contributed by atoms with van der Waals surface area (Å²) in [5.41, 5.74) is 0.922. The Hall–Kier alpha value is -1.28. The molecule has 0 radical (unpaired) electrons. The van der Waals surface area contributed by atoms with Gasteiger partial charge in [0.2, 0.25) is 0 Å². The summed E-state index contributed by atoms with van der Waals surface area (Å²) in [6.45, 7) is 6.35. The molecule has 1 aliphatic heterocycles. The summed E-state index contributed by atoms with van der Waals surface area (Å²) < 4.78 is 11.3. The molecule has 2 heterocycles. The molecular weight excluding hydrogens is 441 g/mol. The number of nitrogens with zero attached hydrogens (tertiary/aromatic N) is 2. The van der Waals surface area contributed by atoms with Gasteiger partial charge in [-0.05, 0) is 44.2 Å². The standard InChI is InChI=1S/C20H29N3O2.HI/c1-3-21-20(23(2)11-8-16-9-12-24-13-10-16)22-15-18-14-17-6-4-5-7-19(17)25-18;/h4-7,14,16H,3,8-13,15H2,1-2H3,(H,21,22);1H. The number of para-hydroxylation sites is 1. The zero-order chi connectivity index (χ0) is 17.5. The van der Waals surface area contributed by atoms with Crippen molar-refractivity contribution in [2.75, 3.05) is 33.4 Å². The van der Waals surface area contributed by atoms with Gasteiger partial charge in [0.05, 0.1) is 0 Å². The Morgan fingerprint density at radius 1 is 1.27 bits per heavy atom. The zero-order valence-corrected chi connectivity index (χ0v) is 18.1. The number of aliphatic imine (C=N–C) groups is 1. The van der Waals surface area contributed by atoms with Crippen LogP contribution in [-0.4, -0.2) is 44.2 Å². The highest BCUT2D eigenvalue weighted by Gasteiger charge is 2.15. The Labute approximate surface area is 173 Å². The van der Waals surface area contributed by atoms with Crippen molar-refractivity contribution in [1.82, 2.24) is 10.2 Å². The monoisotopic (exact) mass is 471 g/mol. The summed E-state index contributed by atoms with van der Waals surface area (Å²) in [6.07, 6.45) is 3.55. The van der Waals surface area contributed by atoms with Crippen LogP contribution in [0.15, 0.2) is 39.7 Å². The van der Waals surface area contributed by atoms with Crippen LogP contribution >= 0.6 is 24.0 Å². The van der Waals surface area contributed by atoms with Gasteiger partial charge in [0.25, 0.3) is 0 Å².